The van der Waals surface area contributed by atoms with Crippen LogP contribution >= 0.6 is 0 Å². The van der Waals surface area contributed by atoms with Crippen LogP contribution in [0.25, 0.3) is 0 Å². The summed E-state index contributed by atoms with van der Waals surface area (Å²) in [7, 11) is 0. The van der Waals surface area contributed by atoms with Crippen LogP contribution in [0.5, 0.6) is 11.6 Å². The maximum absolute atomic E-state index is 10.9. The van der Waals surface area contributed by atoms with Crippen molar-refractivity contribution in [1.82, 2.24) is 9.97 Å². The third-order valence-corrected chi connectivity index (χ3v) is 2.36. The fourth-order valence-corrected chi connectivity index (χ4v) is 1.45. The van der Waals surface area contributed by atoms with Crippen LogP contribution in [0, 0.1) is 10.1 Å². The maximum atomic E-state index is 10.9. The number of benzene rings is 1. The molecule has 9 heteroatoms. The summed E-state index contributed by atoms with van der Waals surface area (Å²) >= 11 is 0. The first-order valence-electron chi connectivity index (χ1n) is 5.49. The SMILES string of the molecule is NNc1ncc([N+](=O)[O-])c(Oc2cccc(CO)c2)n1. The Balaban J connectivity index is 2.37. The van der Waals surface area contributed by atoms with Gasteiger partial charge in [0, 0.05) is 0 Å². The molecule has 9 nitrogen and oxygen atoms in total. The Kier molecular flexibility index (Phi) is 4.03. The van der Waals surface area contributed by atoms with E-state index in [1.165, 1.54) is 0 Å². The Morgan fingerprint density at radius 3 is 2.95 bits per heavy atom. The van der Waals surface area contributed by atoms with E-state index in [4.69, 9.17) is 15.7 Å². The van der Waals surface area contributed by atoms with Gasteiger partial charge in [-0.3, -0.25) is 15.5 Å². The van der Waals surface area contributed by atoms with E-state index in [1.54, 1.807) is 24.3 Å². The monoisotopic (exact) mass is 277 g/mol. The predicted octanol–water partition coefficient (Wildman–Crippen LogP) is 0.955. The van der Waals surface area contributed by atoms with Crippen LogP contribution in [0.2, 0.25) is 0 Å². The van der Waals surface area contributed by atoms with Gasteiger partial charge in [-0.2, -0.15) is 4.98 Å². The standard InChI is InChI=1S/C11H11N5O4/c12-15-11-13-5-9(16(18)19)10(14-11)20-8-3-1-2-7(4-8)6-17/h1-5,17H,6,12H2,(H,13,14,15). The lowest BCUT2D eigenvalue weighted by atomic mass is 10.2. The fourth-order valence-electron chi connectivity index (χ4n) is 1.45. The number of nitrogens with one attached hydrogen (secondary N) is 1. The molecule has 1 aromatic heterocycles. The molecule has 20 heavy (non-hydrogen) atoms. The van der Waals surface area contributed by atoms with E-state index in [0.29, 0.717) is 11.3 Å². The van der Waals surface area contributed by atoms with Crippen molar-refractivity contribution >= 4 is 11.6 Å². The number of aliphatic hydroxyl groups is 1. The molecule has 0 radical (unpaired) electrons. The van der Waals surface area contributed by atoms with Crippen molar-refractivity contribution in [3.05, 3.63) is 46.1 Å². The van der Waals surface area contributed by atoms with Gasteiger partial charge in [0.15, 0.2) is 0 Å². The van der Waals surface area contributed by atoms with Crippen LogP contribution in [-0.2, 0) is 6.61 Å². The van der Waals surface area contributed by atoms with Gasteiger partial charge in [0.25, 0.3) is 0 Å². The van der Waals surface area contributed by atoms with E-state index in [9.17, 15) is 10.1 Å². The number of nitro groups is 1. The summed E-state index contributed by atoms with van der Waals surface area (Å²) in [6, 6.07) is 6.46. The zero-order valence-corrected chi connectivity index (χ0v) is 10.2. The van der Waals surface area contributed by atoms with Crippen LogP contribution in [0.4, 0.5) is 11.6 Å². The average molecular weight is 277 g/mol. The van der Waals surface area contributed by atoms with Crippen molar-refractivity contribution in [1.29, 1.82) is 0 Å². The summed E-state index contributed by atoms with van der Waals surface area (Å²) in [6.07, 6.45) is 0.993. The van der Waals surface area contributed by atoms with Crippen LogP contribution in [0.3, 0.4) is 0 Å². The molecule has 0 atom stereocenters. The summed E-state index contributed by atoms with van der Waals surface area (Å²) in [5.74, 6) is 5.20. The molecule has 0 bridgehead atoms. The number of ether oxygens (including phenoxy) is 1. The zero-order valence-electron chi connectivity index (χ0n) is 10.2. The number of nitrogens with two attached hydrogens (primary N) is 1. The number of rotatable bonds is 5. The van der Waals surface area contributed by atoms with E-state index in [-0.39, 0.29) is 18.4 Å². The molecule has 4 N–H and O–H groups in total. The molecule has 1 aromatic carbocycles. The molecule has 0 unspecified atom stereocenters. The number of hydrogen-bond donors (Lipinski definition) is 3. The number of nitrogens with zero attached hydrogens (tertiary/aromatic N) is 3. The highest BCUT2D eigenvalue weighted by atomic mass is 16.6. The third kappa shape index (κ3) is 2.96. The van der Waals surface area contributed by atoms with Crippen LogP contribution < -0.4 is 16.0 Å². The van der Waals surface area contributed by atoms with E-state index in [0.717, 1.165) is 6.20 Å². The van der Waals surface area contributed by atoms with Crippen molar-refractivity contribution < 1.29 is 14.8 Å². The summed E-state index contributed by atoms with van der Waals surface area (Å²) in [5, 5.41) is 19.9. The molecule has 104 valence electrons. The quantitative estimate of drug-likeness (QED) is 0.417. The van der Waals surface area contributed by atoms with E-state index < -0.39 is 10.6 Å². The molecule has 1 heterocycles. The third-order valence-electron chi connectivity index (χ3n) is 2.36. The van der Waals surface area contributed by atoms with Gasteiger partial charge in [0.1, 0.15) is 11.9 Å². The van der Waals surface area contributed by atoms with Crippen molar-refractivity contribution in [2.24, 2.45) is 5.84 Å². The highest BCUT2D eigenvalue weighted by Crippen LogP contribution is 2.29. The molecule has 2 rings (SSSR count). The molecule has 0 aliphatic rings. The lowest BCUT2D eigenvalue weighted by Gasteiger charge is -2.07. The number of hydrazine groups is 1. The Bertz CT molecular complexity index is 634. The second-order valence-corrected chi connectivity index (χ2v) is 3.69. The number of nitrogen functional groups attached to an aromatic ring is 1. The van der Waals surface area contributed by atoms with Gasteiger partial charge in [0.2, 0.25) is 5.95 Å². The molecular weight excluding hydrogens is 266 g/mol. The van der Waals surface area contributed by atoms with Crippen LogP contribution in [-0.4, -0.2) is 20.0 Å². The highest BCUT2D eigenvalue weighted by molar-refractivity contribution is 5.45. The van der Waals surface area contributed by atoms with Crippen molar-refractivity contribution in [2.75, 3.05) is 5.43 Å². The minimum atomic E-state index is -0.661. The van der Waals surface area contributed by atoms with Gasteiger partial charge < -0.3 is 9.84 Å². The Labute approximate surface area is 113 Å². The van der Waals surface area contributed by atoms with Gasteiger partial charge >= 0.3 is 11.6 Å². The van der Waals surface area contributed by atoms with Gasteiger partial charge in [-0.15, -0.1) is 0 Å². The Hall–Kier alpha value is -2.78. The topological polar surface area (TPSA) is 136 Å². The van der Waals surface area contributed by atoms with Crippen molar-refractivity contribution in [3.63, 3.8) is 0 Å². The van der Waals surface area contributed by atoms with E-state index in [2.05, 4.69) is 15.4 Å². The second kappa shape index (κ2) is 5.91. The maximum Gasteiger partial charge on any atom is 0.349 e. The smallest absolute Gasteiger partial charge is 0.349 e. The molecule has 0 aliphatic heterocycles. The lowest BCUT2D eigenvalue weighted by molar-refractivity contribution is -0.386. The fraction of sp³-hybridized carbons (Fsp3) is 0.0909. The van der Waals surface area contributed by atoms with Crippen LogP contribution in [0.1, 0.15) is 5.56 Å². The summed E-state index contributed by atoms with van der Waals surface area (Å²) in [5.41, 5.74) is 2.39. The molecule has 2 aromatic rings. The van der Waals surface area contributed by atoms with E-state index in [1.807, 2.05) is 0 Å². The number of aliphatic hydroxyl groups excluding tert-OH is 1. The molecule has 0 amide bonds. The zero-order chi connectivity index (χ0) is 14.5. The number of aromatic nitrogens is 2. The molecule has 0 spiro atoms. The molecule has 0 fully saturated rings. The first-order chi connectivity index (χ1) is 9.63. The first kappa shape index (κ1) is 13.6. The first-order valence-corrected chi connectivity index (χ1v) is 5.49. The molecule has 0 saturated heterocycles. The molecule has 0 aliphatic carbocycles. The second-order valence-electron chi connectivity index (χ2n) is 3.69. The van der Waals surface area contributed by atoms with Gasteiger partial charge in [-0.25, -0.2) is 10.8 Å². The normalized spacial score (nSPS) is 10.1. The largest absolute Gasteiger partial charge is 0.434 e. The summed E-state index contributed by atoms with van der Waals surface area (Å²) < 4.78 is 5.36. The van der Waals surface area contributed by atoms with Crippen molar-refractivity contribution in [2.45, 2.75) is 6.61 Å². The van der Waals surface area contributed by atoms with Gasteiger partial charge in [-0.05, 0) is 17.7 Å². The summed E-state index contributed by atoms with van der Waals surface area (Å²) in [4.78, 5) is 17.7. The van der Waals surface area contributed by atoms with Crippen molar-refractivity contribution in [3.8, 4) is 11.6 Å². The predicted molar refractivity (Wildman–Crippen MR) is 68.9 cm³/mol. The summed E-state index contributed by atoms with van der Waals surface area (Å²) in [6.45, 7) is -0.168. The lowest BCUT2D eigenvalue weighted by Crippen LogP contribution is -2.11. The molecule has 0 saturated carbocycles. The number of anilines is 1. The Morgan fingerprint density at radius 1 is 1.50 bits per heavy atom. The highest BCUT2D eigenvalue weighted by Gasteiger charge is 2.19. The van der Waals surface area contributed by atoms with E-state index >= 15 is 0 Å². The minimum Gasteiger partial charge on any atom is -0.434 e. The van der Waals surface area contributed by atoms with Crippen LogP contribution in [0.15, 0.2) is 30.5 Å². The average Bonchev–Trinajstić information content (AvgIpc) is 2.47. The molecular formula is C11H11N5O4. The minimum absolute atomic E-state index is 0.0103. The Morgan fingerprint density at radius 2 is 2.30 bits per heavy atom. The van der Waals surface area contributed by atoms with Gasteiger partial charge in [0.05, 0.1) is 11.5 Å². The number of hydrogen-bond acceptors (Lipinski definition) is 8. The van der Waals surface area contributed by atoms with Gasteiger partial charge in [-0.1, -0.05) is 12.1 Å².